The van der Waals surface area contributed by atoms with Gasteiger partial charge in [-0.3, -0.25) is 0 Å². The van der Waals surface area contributed by atoms with Crippen molar-refractivity contribution in [3.8, 4) is 0 Å². The second kappa shape index (κ2) is 8.20. The van der Waals surface area contributed by atoms with Crippen molar-refractivity contribution in [1.29, 1.82) is 0 Å². The molecule has 9 heteroatoms. The third-order valence-electron chi connectivity index (χ3n) is 4.11. The van der Waals surface area contributed by atoms with E-state index in [1.165, 1.54) is 14.0 Å². The number of aryl methyl sites for hydroxylation is 1. The van der Waals surface area contributed by atoms with Gasteiger partial charge in [-0.2, -0.15) is 0 Å². The van der Waals surface area contributed by atoms with Gasteiger partial charge in [0.25, 0.3) is 10.0 Å². The summed E-state index contributed by atoms with van der Waals surface area (Å²) in [5, 5.41) is 0. The minimum Gasteiger partial charge on any atom is -0.465 e. The number of ether oxygens (including phenoxy) is 2. The van der Waals surface area contributed by atoms with Gasteiger partial charge in [0.2, 0.25) is 0 Å². The van der Waals surface area contributed by atoms with Crippen LogP contribution in [0.25, 0.3) is 0 Å². The van der Waals surface area contributed by atoms with E-state index in [2.05, 4.69) is 9.46 Å². The topological polar surface area (TPSA) is 98.8 Å². The van der Waals surface area contributed by atoms with Crippen molar-refractivity contribution in [2.45, 2.75) is 31.0 Å². The Kier molecular flexibility index (Phi) is 6.40. The van der Waals surface area contributed by atoms with Gasteiger partial charge in [0.05, 0.1) is 19.8 Å². The van der Waals surface area contributed by atoms with Gasteiger partial charge in [-0.15, -0.1) is 11.3 Å². The van der Waals surface area contributed by atoms with Crippen LogP contribution in [-0.2, 0) is 19.5 Å². The molecule has 7 nitrogen and oxygen atoms in total. The number of esters is 2. The molecule has 1 N–H and O–H groups in total. The molecular weight excluding hydrogens is 390 g/mol. The first kappa shape index (κ1) is 21.1. The first-order valence-electron chi connectivity index (χ1n) is 8.01. The van der Waals surface area contributed by atoms with Crippen molar-refractivity contribution < 1.29 is 27.5 Å². The Labute approximate surface area is 162 Å². The molecule has 1 heterocycles. The van der Waals surface area contributed by atoms with Gasteiger partial charge in [-0.25, -0.2) is 22.7 Å². The van der Waals surface area contributed by atoms with E-state index in [1.807, 2.05) is 31.2 Å². The van der Waals surface area contributed by atoms with Gasteiger partial charge in [-0.05, 0) is 37.5 Å². The predicted octanol–water partition coefficient (Wildman–Crippen LogP) is 2.98. The molecule has 1 aromatic carbocycles. The maximum atomic E-state index is 13.0. The van der Waals surface area contributed by atoms with E-state index < -0.39 is 28.0 Å². The standard InChI is InChI=1S/C18H21NO6S2/c1-10-8-6-7-9-13(10)12(3)19-27(22,23)18-14(16(20)24-4)11(2)15(26-18)17(21)25-5/h6-9,12,19H,1-5H3/t12-/m1/s1. The van der Waals surface area contributed by atoms with Crippen molar-refractivity contribution in [1.82, 2.24) is 4.72 Å². The summed E-state index contributed by atoms with van der Waals surface area (Å²) in [6.07, 6.45) is 0. The lowest BCUT2D eigenvalue weighted by molar-refractivity contribution is 0.0596. The molecule has 0 bridgehead atoms. The Morgan fingerprint density at radius 2 is 1.67 bits per heavy atom. The van der Waals surface area contributed by atoms with Gasteiger partial charge in [0, 0.05) is 6.04 Å². The molecule has 0 unspecified atom stereocenters. The number of carbonyl (C=O) groups is 2. The SMILES string of the molecule is COC(=O)c1sc(S(=O)(=O)N[C@H](C)c2ccccc2C)c(C(=O)OC)c1C. The number of thiophene rings is 1. The Morgan fingerprint density at radius 1 is 1.07 bits per heavy atom. The fourth-order valence-electron chi connectivity index (χ4n) is 2.72. The van der Waals surface area contributed by atoms with Crippen molar-refractivity contribution in [3.05, 3.63) is 51.4 Å². The zero-order chi connectivity index (χ0) is 20.4. The van der Waals surface area contributed by atoms with Crippen LogP contribution in [0.2, 0.25) is 0 Å². The third-order valence-corrected chi connectivity index (χ3v) is 7.44. The molecule has 1 aromatic heterocycles. The second-order valence-electron chi connectivity index (χ2n) is 5.90. The van der Waals surface area contributed by atoms with Gasteiger partial charge in [-0.1, -0.05) is 24.3 Å². The lowest BCUT2D eigenvalue weighted by Crippen LogP contribution is -2.28. The van der Waals surface area contributed by atoms with Crippen molar-refractivity contribution in [2.75, 3.05) is 14.2 Å². The molecule has 0 spiro atoms. The van der Waals surface area contributed by atoms with Crippen LogP contribution in [0.1, 0.15) is 49.7 Å². The molecule has 0 saturated heterocycles. The first-order chi connectivity index (χ1) is 12.6. The van der Waals surface area contributed by atoms with Crippen LogP contribution in [0.5, 0.6) is 0 Å². The molecule has 0 aliphatic heterocycles. The summed E-state index contributed by atoms with van der Waals surface area (Å²) in [7, 11) is -1.76. The number of hydrogen-bond donors (Lipinski definition) is 1. The number of benzene rings is 1. The highest BCUT2D eigenvalue weighted by molar-refractivity contribution is 7.91. The molecule has 2 aromatic rings. The number of carbonyl (C=O) groups excluding carboxylic acids is 2. The molecule has 0 amide bonds. The maximum Gasteiger partial charge on any atom is 0.348 e. The van der Waals surface area contributed by atoms with E-state index in [1.54, 1.807) is 6.92 Å². The van der Waals surface area contributed by atoms with Crippen LogP contribution in [0.15, 0.2) is 28.5 Å². The van der Waals surface area contributed by atoms with Gasteiger partial charge in [0.15, 0.2) is 4.21 Å². The van der Waals surface area contributed by atoms with Crippen LogP contribution in [0, 0.1) is 13.8 Å². The minimum atomic E-state index is -4.09. The molecule has 27 heavy (non-hydrogen) atoms. The number of methoxy groups -OCH3 is 2. The molecule has 0 radical (unpaired) electrons. The smallest absolute Gasteiger partial charge is 0.348 e. The monoisotopic (exact) mass is 411 g/mol. The van der Waals surface area contributed by atoms with E-state index in [-0.39, 0.29) is 20.2 Å². The predicted molar refractivity (Wildman–Crippen MR) is 102 cm³/mol. The average Bonchev–Trinajstić information content (AvgIpc) is 2.98. The van der Waals surface area contributed by atoms with Crippen LogP contribution in [-0.4, -0.2) is 34.6 Å². The molecule has 2 rings (SSSR count). The second-order valence-corrected chi connectivity index (χ2v) is 8.83. The Hall–Kier alpha value is -2.23. The van der Waals surface area contributed by atoms with Gasteiger partial charge in [0.1, 0.15) is 4.88 Å². The third kappa shape index (κ3) is 4.20. The van der Waals surface area contributed by atoms with Crippen molar-refractivity contribution >= 4 is 33.3 Å². The van der Waals surface area contributed by atoms with Crippen molar-refractivity contribution in [2.24, 2.45) is 0 Å². The highest BCUT2D eigenvalue weighted by Crippen LogP contribution is 2.34. The molecule has 0 fully saturated rings. The Bertz CT molecular complexity index is 978. The quantitative estimate of drug-likeness (QED) is 0.734. The lowest BCUT2D eigenvalue weighted by atomic mass is 10.0. The maximum absolute atomic E-state index is 13.0. The average molecular weight is 412 g/mol. The highest BCUT2D eigenvalue weighted by Gasteiger charge is 2.33. The molecule has 0 aliphatic rings. The summed E-state index contributed by atoms with van der Waals surface area (Å²) in [5.41, 5.74) is 1.79. The van der Waals surface area contributed by atoms with E-state index in [9.17, 15) is 18.0 Å². The number of rotatable bonds is 6. The summed E-state index contributed by atoms with van der Waals surface area (Å²) in [4.78, 5) is 24.2. The van der Waals surface area contributed by atoms with E-state index in [0.29, 0.717) is 11.3 Å². The molecule has 0 saturated carbocycles. The van der Waals surface area contributed by atoms with Crippen LogP contribution < -0.4 is 4.72 Å². The van der Waals surface area contributed by atoms with Crippen LogP contribution in [0.3, 0.4) is 0 Å². The molecular formula is C18H21NO6S2. The number of sulfonamides is 1. The lowest BCUT2D eigenvalue weighted by Gasteiger charge is -2.16. The zero-order valence-corrected chi connectivity index (χ0v) is 17.3. The van der Waals surface area contributed by atoms with E-state index >= 15 is 0 Å². The van der Waals surface area contributed by atoms with Crippen LogP contribution >= 0.6 is 11.3 Å². The Morgan fingerprint density at radius 3 is 2.22 bits per heavy atom. The highest BCUT2D eigenvalue weighted by atomic mass is 32.2. The summed E-state index contributed by atoms with van der Waals surface area (Å²) < 4.78 is 37.7. The summed E-state index contributed by atoms with van der Waals surface area (Å²) in [6, 6.07) is 6.84. The van der Waals surface area contributed by atoms with E-state index in [4.69, 9.17) is 4.74 Å². The molecule has 146 valence electrons. The summed E-state index contributed by atoms with van der Waals surface area (Å²) >= 11 is 0.685. The molecule has 0 aliphatic carbocycles. The van der Waals surface area contributed by atoms with Crippen LogP contribution in [0.4, 0.5) is 0 Å². The Balaban J connectivity index is 2.53. The molecule has 1 atom stereocenters. The minimum absolute atomic E-state index is 0.0434. The van der Waals surface area contributed by atoms with E-state index in [0.717, 1.165) is 18.2 Å². The van der Waals surface area contributed by atoms with Gasteiger partial charge < -0.3 is 9.47 Å². The zero-order valence-electron chi connectivity index (χ0n) is 15.7. The number of hydrogen-bond acceptors (Lipinski definition) is 7. The summed E-state index contributed by atoms with van der Waals surface area (Å²) in [6.45, 7) is 5.07. The normalized spacial score (nSPS) is 12.5. The fourth-order valence-corrected chi connectivity index (χ4v) is 5.71. The summed E-state index contributed by atoms with van der Waals surface area (Å²) in [5.74, 6) is -1.54. The van der Waals surface area contributed by atoms with Gasteiger partial charge >= 0.3 is 11.9 Å². The first-order valence-corrected chi connectivity index (χ1v) is 10.3. The largest absolute Gasteiger partial charge is 0.465 e. The number of nitrogens with one attached hydrogen (secondary N) is 1. The fraction of sp³-hybridized carbons (Fsp3) is 0.333. The van der Waals surface area contributed by atoms with Crippen molar-refractivity contribution in [3.63, 3.8) is 0 Å².